The van der Waals surface area contributed by atoms with Gasteiger partial charge in [0.15, 0.2) is 5.13 Å². The lowest BCUT2D eigenvalue weighted by Gasteiger charge is -2.09. The minimum Gasteiger partial charge on any atom is -0.362 e. The smallest absolute Gasteiger partial charge is 0.213 e. The van der Waals surface area contributed by atoms with Gasteiger partial charge in [-0.05, 0) is 37.5 Å². The lowest BCUT2D eigenvalue weighted by Crippen LogP contribution is -2.31. The van der Waals surface area contributed by atoms with E-state index in [-0.39, 0.29) is 5.25 Å². The van der Waals surface area contributed by atoms with Gasteiger partial charge in [0, 0.05) is 24.0 Å². The van der Waals surface area contributed by atoms with Crippen LogP contribution in [0.5, 0.6) is 0 Å². The van der Waals surface area contributed by atoms with E-state index in [1.165, 1.54) is 10.8 Å². The summed E-state index contributed by atoms with van der Waals surface area (Å²) in [5, 5.41) is 8.44. The van der Waals surface area contributed by atoms with Gasteiger partial charge in [-0.3, -0.25) is 0 Å². The molecule has 28 heavy (non-hydrogen) atoms. The lowest BCUT2D eigenvalue weighted by atomic mass is 10.0. The van der Waals surface area contributed by atoms with Gasteiger partial charge in [-0.25, -0.2) is 18.1 Å². The highest BCUT2D eigenvalue weighted by Gasteiger charge is 2.14. The molecule has 0 unspecified atom stereocenters. The molecule has 7 heteroatoms. The van der Waals surface area contributed by atoms with Gasteiger partial charge in [0.05, 0.1) is 10.9 Å². The van der Waals surface area contributed by atoms with Gasteiger partial charge in [0.1, 0.15) is 0 Å². The lowest BCUT2D eigenvalue weighted by molar-refractivity contribution is 0.566. The van der Waals surface area contributed by atoms with E-state index in [9.17, 15) is 8.42 Å². The number of nitrogens with zero attached hydrogens (tertiary/aromatic N) is 1. The molecule has 0 bridgehead atoms. The van der Waals surface area contributed by atoms with Crippen molar-refractivity contribution in [3.05, 3.63) is 47.8 Å². The maximum absolute atomic E-state index is 11.7. The van der Waals surface area contributed by atoms with E-state index >= 15 is 0 Å². The van der Waals surface area contributed by atoms with E-state index in [0.717, 1.165) is 42.2 Å². The third-order valence-electron chi connectivity index (χ3n) is 4.62. The highest BCUT2D eigenvalue weighted by molar-refractivity contribution is 7.90. The Morgan fingerprint density at radius 3 is 2.57 bits per heavy atom. The number of hydrogen-bond acceptors (Lipinski definition) is 5. The summed E-state index contributed by atoms with van der Waals surface area (Å²) in [6.07, 6.45) is 2.79. The van der Waals surface area contributed by atoms with Crippen LogP contribution in [0.4, 0.5) is 5.13 Å². The van der Waals surface area contributed by atoms with Crippen molar-refractivity contribution in [1.82, 2.24) is 9.71 Å². The standard InChI is InChI=1S/C21H27N3O2S2/c1-16(2)28(25,26)23-14-7-3-6-13-22-21-24-20(15-27-21)19-12-8-10-17-9-4-5-11-18(17)19/h4-5,8-12,15-16,23H,3,6-7,13-14H2,1-2H3,(H,22,24). The molecular formula is C21H27N3O2S2. The number of hydrogen-bond donors (Lipinski definition) is 2. The summed E-state index contributed by atoms with van der Waals surface area (Å²) in [7, 11) is -3.15. The Balaban J connectivity index is 1.46. The summed E-state index contributed by atoms with van der Waals surface area (Å²) < 4.78 is 26.0. The van der Waals surface area contributed by atoms with Gasteiger partial charge in [0.25, 0.3) is 0 Å². The topological polar surface area (TPSA) is 71.1 Å². The fourth-order valence-electron chi connectivity index (χ4n) is 2.93. The molecular weight excluding hydrogens is 390 g/mol. The molecule has 1 aromatic heterocycles. The van der Waals surface area contributed by atoms with Crippen molar-refractivity contribution in [3.63, 3.8) is 0 Å². The molecule has 0 saturated carbocycles. The second-order valence-corrected chi connectivity index (χ2v) is 10.2. The molecule has 0 atom stereocenters. The average Bonchev–Trinajstić information content (AvgIpc) is 3.15. The monoisotopic (exact) mass is 417 g/mol. The number of sulfonamides is 1. The molecule has 0 amide bonds. The van der Waals surface area contributed by atoms with Crippen LogP contribution in [0.25, 0.3) is 22.0 Å². The SMILES string of the molecule is CC(C)S(=O)(=O)NCCCCCNc1nc(-c2cccc3ccccc23)cs1. The Morgan fingerprint density at radius 1 is 1.00 bits per heavy atom. The van der Waals surface area contributed by atoms with E-state index in [1.54, 1.807) is 25.2 Å². The van der Waals surface area contributed by atoms with Gasteiger partial charge in [0.2, 0.25) is 10.0 Å². The van der Waals surface area contributed by atoms with E-state index in [0.29, 0.717) is 6.54 Å². The van der Waals surface area contributed by atoms with Gasteiger partial charge in [-0.2, -0.15) is 0 Å². The summed E-state index contributed by atoms with van der Waals surface area (Å²) in [6.45, 7) is 4.71. The Bertz CT molecular complexity index is 1010. The first kappa shape index (κ1) is 20.8. The number of benzene rings is 2. The minimum atomic E-state index is -3.15. The molecule has 0 aliphatic heterocycles. The zero-order valence-corrected chi connectivity index (χ0v) is 17.9. The number of thiazole rings is 1. The molecule has 0 saturated heterocycles. The first-order valence-electron chi connectivity index (χ1n) is 9.63. The first-order valence-corrected chi connectivity index (χ1v) is 12.1. The van der Waals surface area contributed by atoms with Crippen molar-refractivity contribution >= 4 is 37.3 Å². The molecule has 2 aromatic carbocycles. The van der Waals surface area contributed by atoms with Crippen LogP contribution >= 0.6 is 11.3 Å². The summed E-state index contributed by atoms with van der Waals surface area (Å²) >= 11 is 1.61. The fraction of sp³-hybridized carbons (Fsp3) is 0.381. The van der Waals surface area contributed by atoms with E-state index < -0.39 is 10.0 Å². The molecule has 0 fully saturated rings. The summed E-state index contributed by atoms with van der Waals surface area (Å²) in [5.74, 6) is 0. The van der Waals surface area contributed by atoms with E-state index in [1.807, 2.05) is 6.07 Å². The Labute approximate surface area is 171 Å². The van der Waals surface area contributed by atoms with Crippen molar-refractivity contribution in [2.24, 2.45) is 0 Å². The van der Waals surface area contributed by atoms with Crippen molar-refractivity contribution in [2.75, 3.05) is 18.4 Å². The highest BCUT2D eigenvalue weighted by atomic mass is 32.2. The predicted molar refractivity (Wildman–Crippen MR) is 119 cm³/mol. The maximum atomic E-state index is 11.7. The second kappa shape index (κ2) is 9.49. The van der Waals surface area contributed by atoms with Crippen molar-refractivity contribution in [1.29, 1.82) is 0 Å². The van der Waals surface area contributed by atoms with Crippen molar-refractivity contribution < 1.29 is 8.42 Å². The van der Waals surface area contributed by atoms with E-state index in [4.69, 9.17) is 4.98 Å². The summed E-state index contributed by atoms with van der Waals surface area (Å²) in [4.78, 5) is 4.73. The summed E-state index contributed by atoms with van der Waals surface area (Å²) in [6, 6.07) is 14.6. The van der Waals surface area contributed by atoms with Crippen LogP contribution in [0, 0.1) is 0 Å². The van der Waals surface area contributed by atoms with Crippen LogP contribution in [0.2, 0.25) is 0 Å². The fourth-order valence-corrected chi connectivity index (χ4v) is 4.43. The molecule has 3 rings (SSSR count). The quantitative estimate of drug-likeness (QED) is 0.462. The Morgan fingerprint density at radius 2 is 1.75 bits per heavy atom. The Kier molecular flexibility index (Phi) is 7.04. The molecule has 150 valence electrons. The van der Waals surface area contributed by atoms with E-state index in [2.05, 4.69) is 51.8 Å². The van der Waals surface area contributed by atoms with Crippen molar-refractivity contribution in [3.8, 4) is 11.3 Å². The number of unbranched alkanes of at least 4 members (excludes halogenated alkanes) is 2. The normalized spacial score (nSPS) is 12.0. The molecule has 0 aliphatic carbocycles. The van der Waals surface area contributed by atoms with Crippen LogP contribution in [-0.2, 0) is 10.0 Å². The molecule has 0 spiro atoms. The number of anilines is 1. The van der Waals surface area contributed by atoms with Gasteiger partial charge >= 0.3 is 0 Å². The van der Waals surface area contributed by atoms with Gasteiger partial charge in [-0.1, -0.05) is 48.9 Å². The zero-order valence-electron chi connectivity index (χ0n) is 16.3. The predicted octanol–water partition coefficient (Wildman–Crippen LogP) is 4.87. The summed E-state index contributed by atoms with van der Waals surface area (Å²) in [5.41, 5.74) is 2.15. The Hall–Kier alpha value is -1.96. The second-order valence-electron chi connectivity index (χ2n) is 7.04. The molecule has 1 heterocycles. The molecule has 3 aromatic rings. The molecule has 2 N–H and O–H groups in total. The third kappa shape index (κ3) is 5.31. The average molecular weight is 418 g/mol. The largest absolute Gasteiger partial charge is 0.362 e. The van der Waals surface area contributed by atoms with Crippen LogP contribution in [-0.4, -0.2) is 31.7 Å². The van der Waals surface area contributed by atoms with Gasteiger partial charge in [-0.15, -0.1) is 11.3 Å². The van der Waals surface area contributed by atoms with Crippen LogP contribution in [0.3, 0.4) is 0 Å². The van der Waals surface area contributed by atoms with Crippen LogP contribution in [0.1, 0.15) is 33.1 Å². The number of aromatic nitrogens is 1. The van der Waals surface area contributed by atoms with Crippen molar-refractivity contribution in [2.45, 2.75) is 38.4 Å². The number of rotatable bonds is 10. The van der Waals surface area contributed by atoms with Crippen LogP contribution < -0.4 is 10.0 Å². The van der Waals surface area contributed by atoms with Crippen LogP contribution in [0.15, 0.2) is 47.8 Å². The molecule has 0 radical (unpaired) electrons. The van der Waals surface area contributed by atoms with Gasteiger partial charge < -0.3 is 5.32 Å². The molecule has 0 aliphatic rings. The number of fused-ring (bicyclic) bond motifs is 1. The maximum Gasteiger partial charge on any atom is 0.213 e. The highest BCUT2D eigenvalue weighted by Crippen LogP contribution is 2.30. The number of nitrogens with one attached hydrogen (secondary N) is 2. The first-order chi connectivity index (χ1) is 13.5. The molecule has 5 nitrogen and oxygen atoms in total. The minimum absolute atomic E-state index is 0.380. The zero-order chi connectivity index (χ0) is 20.0. The third-order valence-corrected chi connectivity index (χ3v) is 7.27.